The summed E-state index contributed by atoms with van der Waals surface area (Å²) in [7, 11) is 0. The molecule has 3 rings (SSSR count). The summed E-state index contributed by atoms with van der Waals surface area (Å²) in [4.78, 5) is 18.4. The summed E-state index contributed by atoms with van der Waals surface area (Å²) in [5, 5.41) is 1.80. The van der Waals surface area contributed by atoms with Crippen molar-refractivity contribution in [3.8, 4) is 0 Å². The van der Waals surface area contributed by atoms with Crippen LogP contribution in [0, 0.1) is 11.7 Å². The van der Waals surface area contributed by atoms with Gasteiger partial charge >= 0.3 is 0 Å². The minimum Gasteiger partial charge on any atom is -0.337 e. The summed E-state index contributed by atoms with van der Waals surface area (Å²) >= 11 is 1.45. The molecule has 0 saturated carbocycles. The quantitative estimate of drug-likeness (QED) is 0.860. The summed E-state index contributed by atoms with van der Waals surface area (Å²) in [5.41, 5.74) is 3.28. The number of hydrogen-bond donors (Lipinski definition) is 0. The van der Waals surface area contributed by atoms with Crippen LogP contribution in [0.15, 0.2) is 35.2 Å². The topological polar surface area (TPSA) is 33.2 Å². The van der Waals surface area contributed by atoms with Crippen LogP contribution in [0.4, 0.5) is 4.39 Å². The summed E-state index contributed by atoms with van der Waals surface area (Å²) < 4.78 is 13.2. The van der Waals surface area contributed by atoms with E-state index in [1.165, 1.54) is 17.4 Å². The zero-order valence-electron chi connectivity index (χ0n) is 12.4. The molecule has 1 fully saturated rings. The number of likely N-dealkylation sites (tertiary alicyclic amines) is 1. The summed E-state index contributed by atoms with van der Waals surface area (Å²) in [6.07, 6.45) is 4.02. The second kappa shape index (κ2) is 7.01. The van der Waals surface area contributed by atoms with E-state index in [-0.39, 0.29) is 11.7 Å². The van der Waals surface area contributed by atoms with Gasteiger partial charge in [-0.2, -0.15) is 0 Å². The highest BCUT2D eigenvalue weighted by molar-refractivity contribution is 7.07. The summed E-state index contributed by atoms with van der Waals surface area (Å²) in [5.74, 6) is 0.345. The summed E-state index contributed by atoms with van der Waals surface area (Å²) in [6.45, 7) is 1.60. The highest BCUT2D eigenvalue weighted by Gasteiger charge is 2.25. The van der Waals surface area contributed by atoms with Gasteiger partial charge in [0.2, 0.25) is 0 Å². The lowest BCUT2D eigenvalue weighted by Crippen LogP contribution is -2.40. The van der Waals surface area contributed by atoms with E-state index in [1.807, 2.05) is 11.0 Å². The molecule has 2 heterocycles. The lowest BCUT2D eigenvalue weighted by atomic mass is 9.91. The predicted molar refractivity (Wildman–Crippen MR) is 85.5 cm³/mol. The van der Waals surface area contributed by atoms with Crippen molar-refractivity contribution in [2.24, 2.45) is 5.92 Å². The maximum atomic E-state index is 13.2. The van der Waals surface area contributed by atoms with Gasteiger partial charge in [0, 0.05) is 18.5 Å². The maximum Gasteiger partial charge on any atom is 0.273 e. The highest BCUT2D eigenvalue weighted by atomic mass is 32.1. The molecule has 1 atom stereocenters. The smallest absolute Gasteiger partial charge is 0.273 e. The van der Waals surface area contributed by atoms with Crippen LogP contribution in [0.5, 0.6) is 0 Å². The van der Waals surface area contributed by atoms with E-state index in [0.29, 0.717) is 11.6 Å². The third-order valence-corrected chi connectivity index (χ3v) is 4.77. The molecule has 0 aliphatic carbocycles. The van der Waals surface area contributed by atoms with Crippen LogP contribution in [0.1, 0.15) is 35.3 Å². The summed E-state index contributed by atoms with van der Waals surface area (Å²) in [6, 6.07) is 6.78. The number of carbonyl (C=O) groups is 1. The average Bonchev–Trinajstić information content (AvgIpc) is 3.07. The SMILES string of the molecule is O=C(c1cscn1)N1CCC[C@@H](CCc2cccc(F)c2)C1. The number of hydrogen-bond acceptors (Lipinski definition) is 3. The molecule has 0 radical (unpaired) electrons. The van der Waals surface area contributed by atoms with Gasteiger partial charge < -0.3 is 4.90 Å². The Morgan fingerprint density at radius 2 is 2.36 bits per heavy atom. The molecule has 0 unspecified atom stereocenters. The number of aromatic nitrogens is 1. The molecule has 1 saturated heterocycles. The fourth-order valence-corrected chi connectivity index (χ4v) is 3.55. The lowest BCUT2D eigenvalue weighted by Gasteiger charge is -2.32. The van der Waals surface area contributed by atoms with E-state index < -0.39 is 0 Å². The molecule has 0 spiro atoms. The number of halogens is 1. The van der Waals surface area contributed by atoms with Gasteiger partial charge in [-0.15, -0.1) is 11.3 Å². The second-order valence-corrected chi connectivity index (χ2v) is 6.52. The molecule has 1 aromatic carbocycles. The van der Waals surface area contributed by atoms with Crippen molar-refractivity contribution in [2.45, 2.75) is 25.7 Å². The van der Waals surface area contributed by atoms with Crippen molar-refractivity contribution in [3.05, 3.63) is 52.2 Å². The fraction of sp³-hybridized carbons (Fsp3) is 0.412. The predicted octanol–water partition coefficient (Wildman–Crippen LogP) is 3.77. The van der Waals surface area contributed by atoms with Crippen molar-refractivity contribution < 1.29 is 9.18 Å². The number of piperidine rings is 1. The Bertz CT molecular complexity index is 629. The Balaban J connectivity index is 1.55. The van der Waals surface area contributed by atoms with Crippen LogP contribution >= 0.6 is 11.3 Å². The van der Waals surface area contributed by atoms with Crippen molar-refractivity contribution in [2.75, 3.05) is 13.1 Å². The van der Waals surface area contributed by atoms with Crippen molar-refractivity contribution in [1.82, 2.24) is 9.88 Å². The Morgan fingerprint density at radius 3 is 3.14 bits per heavy atom. The first kappa shape index (κ1) is 15.2. The van der Waals surface area contributed by atoms with Crippen LogP contribution in [0.25, 0.3) is 0 Å². The number of rotatable bonds is 4. The maximum absolute atomic E-state index is 13.2. The Labute approximate surface area is 133 Å². The van der Waals surface area contributed by atoms with Crippen molar-refractivity contribution >= 4 is 17.2 Å². The molecule has 5 heteroatoms. The van der Waals surface area contributed by atoms with Crippen LogP contribution in [-0.4, -0.2) is 28.9 Å². The van der Waals surface area contributed by atoms with Gasteiger partial charge in [0.25, 0.3) is 5.91 Å². The number of nitrogens with zero attached hydrogens (tertiary/aromatic N) is 2. The Hall–Kier alpha value is -1.75. The lowest BCUT2D eigenvalue weighted by molar-refractivity contribution is 0.0663. The zero-order valence-corrected chi connectivity index (χ0v) is 13.2. The van der Waals surface area contributed by atoms with Gasteiger partial charge in [0.15, 0.2) is 0 Å². The Kier molecular flexibility index (Phi) is 4.83. The van der Waals surface area contributed by atoms with E-state index in [4.69, 9.17) is 0 Å². The molecule has 116 valence electrons. The van der Waals surface area contributed by atoms with E-state index in [1.54, 1.807) is 23.0 Å². The highest BCUT2D eigenvalue weighted by Crippen LogP contribution is 2.23. The molecule has 0 N–H and O–H groups in total. The van der Waals surface area contributed by atoms with Gasteiger partial charge in [-0.05, 0) is 49.3 Å². The number of carbonyl (C=O) groups excluding carboxylic acids is 1. The van der Waals surface area contributed by atoms with Crippen molar-refractivity contribution in [3.63, 3.8) is 0 Å². The molecular formula is C17H19FN2OS. The molecule has 2 aromatic rings. The molecule has 3 nitrogen and oxygen atoms in total. The fourth-order valence-electron chi connectivity index (χ4n) is 3.03. The number of aryl methyl sites for hydroxylation is 1. The minimum absolute atomic E-state index is 0.0386. The number of benzene rings is 1. The van der Waals surface area contributed by atoms with Crippen molar-refractivity contribution in [1.29, 1.82) is 0 Å². The molecule has 1 amide bonds. The molecule has 22 heavy (non-hydrogen) atoms. The normalized spacial score (nSPS) is 18.4. The first-order chi connectivity index (χ1) is 10.7. The van der Waals surface area contributed by atoms with Crippen LogP contribution in [-0.2, 0) is 6.42 Å². The van der Waals surface area contributed by atoms with E-state index in [0.717, 1.165) is 44.3 Å². The van der Waals surface area contributed by atoms with Gasteiger partial charge in [0.1, 0.15) is 11.5 Å². The van der Waals surface area contributed by atoms with Gasteiger partial charge in [-0.1, -0.05) is 12.1 Å². The first-order valence-corrected chi connectivity index (χ1v) is 8.58. The minimum atomic E-state index is -0.179. The van der Waals surface area contributed by atoms with Gasteiger partial charge in [0.05, 0.1) is 5.51 Å². The molecular weight excluding hydrogens is 299 g/mol. The molecule has 1 aliphatic rings. The van der Waals surface area contributed by atoms with E-state index in [9.17, 15) is 9.18 Å². The molecule has 1 aromatic heterocycles. The third-order valence-electron chi connectivity index (χ3n) is 4.19. The van der Waals surface area contributed by atoms with E-state index in [2.05, 4.69) is 4.98 Å². The van der Waals surface area contributed by atoms with Gasteiger partial charge in [-0.3, -0.25) is 4.79 Å². The zero-order chi connectivity index (χ0) is 15.4. The molecule has 1 aliphatic heterocycles. The third kappa shape index (κ3) is 3.71. The number of amides is 1. The monoisotopic (exact) mass is 318 g/mol. The average molecular weight is 318 g/mol. The number of thiazole rings is 1. The van der Waals surface area contributed by atoms with Crippen LogP contribution in [0.2, 0.25) is 0 Å². The largest absolute Gasteiger partial charge is 0.337 e. The Morgan fingerprint density at radius 1 is 1.45 bits per heavy atom. The van der Waals surface area contributed by atoms with E-state index >= 15 is 0 Å². The van der Waals surface area contributed by atoms with Crippen LogP contribution in [0.3, 0.4) is 0 Å². The van der Waals surface area contributed by atoms with Crippen LogP contribution < -0.4 is 0 Å². The molecule has 0 bridgehead atoms. The second-order valence-electron chi connectivity index (χ2n) is 5.80. The van der Waals surface area contributed by atoms with Gasteiger partial charge in [-0.25, -0.2) is 9.37 Å². The standard InChI is InChI=1S/C17H19FN2OS/c18-15-5-1-3-13(9-15)6-7-14-4-2-8-20(10-14)17(21)16-11-22-12-19-16/h1,3,5,9,11-12,14H,2,4,6-8,10H2/t14-/m0/s1. The first-order valence-electron chi connectivity index (χ1n) is 7.64.